The first kappa shape index (κ1) is 35.8. The Hall–Kier alpha value is -1.36. The third-order valence-corrected chi connectivity index (χ3v) is 10.0. The monoisotopic (exact) mass is 824 g/mol. The van der Waals surface area contributed by atoms with Crippen LogP contribution in [-0.2, 0) is 14.9 Å². The molecule has 6 nitrogen and oxygen atoms in total. The maximum absolute atomic E-state index is 6.46. The van der Waals surface area contributed by atoms with Crippen LogP contribution in [0.4, 0.5) is 0 Å². The minimum atomic E-state index is -0.745. The Morgan fingerprint density at radius 2 is 0.878 bits per heavy atom. The van der Waals surface area contributed by atoms with Gasteiger partial charge in [-0.1, -0.05) is 26.0 Å². The summed E-state index contributed by atoms with van der Waals surface area (Å²) in [5.74, 6) is 2.72. The van der Waals surface area contributed by atoms with Crippen molar-refractivity contribution >= 4 is 63.7 Å². The molecule has 0 saturated heterocycles. The van der Waals surface area contributed by atoms with Crippen LogP contribution in [0, 0.1) is 13.8 Å². The van der Waals surface area contributed by atoms with E-state index >= 15 is 0 Å². The lowest BCUT2D eigenvalue weighted by molar-refractivity contribution is 0.173. The molecule has 41 heavy (non-hydrogen) atoms. The van der Waals surface area contributed by atoms with Crippen LogP contribution in [0.1, 0.15) is 63.8 Å². The number of halogens is 4. The van der Waals surface area contributed by atoms with Gasteiger partial charge in [-0.3, -0.25) is 0 Å². The summed E-state index contributed by atoms with van der Waals surface area (Å²) in [7, 11) is 0. The summed E-state index contributed by atoms with van der Waals surface area (Å²) in [5.41, 5.74) is 2.87. The van der Waals surface area contributed by atoms with Crippen molar-refractivity contribution < 1.29 is 28.4 Å². The molecule has 0 aromatic heterocycles. The van der Waals surface area contributed by atoms with Gasteiger partial charge in [0.05, 0.1) is 43.6 Å². The SMILES string of the molecule is CC=COCCOc1c(Br)c(C)c(Br)c(OCC)c1C(C)(C)c1c(OCC)c(Br)c(C)c(Br)c1OCCOC=CC. The Kier molecular flexibility index (Phi) is 14.9. The molecular weight excluding hydrogens is 788 g/mol. The zero-order valence-electron chi connectivity index (χ0n) is 25.0. The van der Waals surface area contributed by atoms with Crippen LogP contribution >= 0.6 is 63.7 Å². The molecule has 0 atom stereocenters. The molecule has 0 N–H and O–H groups in total. The second-order valence-electron chi connectivity index (χ2n) is 9.44. The zero-order valence-corrected chi connectivity index (χ0v) is 31.4. The maximum Gasteiger partial charge on any atom is 0.141 e. The Morgan fingerprint density at radius 3 is 1.17 bits per heavy atom. The van der Waals surface area contributed by atoms with Crippen LogP contribution in [0.5, 0.6) is 23.0 Å². The van der Waals surface area contributed by atoms with E-state index in [1.54, 1.807) is 12.5 Å². The minimum Gasteiger partial charge on any atom is -0.498 e. The Balaban J connectivity index is 2.92. The third kappa shape index (κ3) is 8.39. The van der Waals surface area contributed by atoms with Crippen molar-refractivity contribution in [3.8, 4) is 23.0 Å². The molecule has 0 aliphatic carbocycles. The van der Waals surface area contributed by atoms with E-state index < -0.39 is 5.41 Å². The normalized spacial score (nSPS) is 11.8. The van der Waals surface area contributed by atoms with E-state index in [1.807, 2.05) is 53.7 Å². The Labute approximate surface area is 278 Å². The lowest BCUT2D eigenvalue weighted by Gasteiger charge is -2.35. The van der Waals surface area contributed by atoms with Crippen LogP contribution in [0.25, 0.3) is 0 Å². The van der Waals surface area contributed by atoms with E-state index in [1.165, 1.54) is 0 Å². The van der Waals surface area contributed by atoms with Gasteiger partial charge in [0.15, 0.2) is 0 Å². The first-order valence-corrected chi connectivity index (χ1v) is 16.7. The molecule has 0 bridgehead atoms. The second kappa shape index (κ2) is 17.1. The van der Waals surface area contributed by atoms with Gasteiger partial charge in [-0.05, 0) is 116 Å². The van der Waals surface area contributed by atoms with Gasteiger partial charge in [-0.25, -0.2) is 0 Å². The molecule has 2 aromatic rings. The van der Waals surface area contributed by atoms with Crippen LogP contribution in [0.3, 0.4) is 0 Å². The summed E-state index contributed by atoms with van der Waals surface area (Å²) in [6.45, 7) is 18.4. The lowest BCUT2D eigenvalue weighted by atomic mass is 9.75. The molecule has 2 aromatic carbocycles. The molecular formula is C31H40Br4O6. The number of benzene rings is 2. The minimum absolute atomic E-state index is 0.337. The van der Waals surface area contributed by atoms with E-state index in [4.69, 9.17) is 28.4 Å². The van der Waals surface area contributed by atoms with Crippen LogP contribution in [-0.4, -0.2) is 39.6 Å². The fourth-order valence-corrected chi connectivity index (χ4v) is 6.90. The molecule has 0 unspecified atom stereocenters. The number of allylic oxidation sites excluding steroid dienone is 2. The number of hydrogen-bond acceptors (Lipinski definition) is 6. The van der Waals surface area contributed by atoms with Crippen molar-refractivity contribution in [2.75, 3.05) is 39.6 Å². The van der Waals surface area contributed by atoms with E-state index in [2.05, 4.69) is 77.6 Å². The molecule has 0 fully saturated rings. The van der Waals surface area contributed by atoms with Crippen LogP contribution in [0.2, 0.25) is 0 Å². The highest BCUT2D eigenvalue weighted by atomic mass is 79.9. The van der Waals surface area contributed by atoms with Gasteiger partial charge in [0.2, 0.25) is 0 Å². The zero-order chi connectivity index (χ0) is 30.7. The molecule has 0 spiro atoms. The van der Waals surface area contributed by atoms with Crippen molar-refractivity contribution in [1.82, 2.24) is 0 Å². The average Bonchev–Trinajstić information content (AvgIpc) is 2.94. The lowest BCUT2D eigenvalue weighted by Crippen LogP contribution is -2.26. The second-order valence-corrected chi connectivity index (χ2v) is 12.6. The topological polar surface area (TPSA) is 55.4 Å². The molecule has 0 aliphatic heterocycles. The molecule has 0 heterocycles. The summed E-state index contributed by atoms with van der Waals surface area (Å²) < 4.78 is 40.0. The fraction of sp³-hybridized carbons (Fsp3) is 0.484. The van der Waals surface area contributed by atoms with Gasteiger partial charge < -0.3 is 28.4 Å². The highest BCUT2D eigenvalue weighted by Gasteiger charge is 2.41. The highest BCUT2D eigenvalue weighted by molar-refractivity contribution is 9.11. The standard InChI is InChI=1S/C31H40Br4O6/c1-9-13-36-15-17-40-29-21(27(38-11-3)23(32)19(5)25(29)34)31(7,8)22-28(39-12-4)24(33)20(6)26(35)30(22)41-18-16-37-14-10-2/h9-10,13-14H,11-12,15-18H2,1-8H3. The van der Waals surface area contributed by atoms with Gasteiger partial charge in [0, 0.05) is 16.5 Å². The van der Waals surface area contributed by atoms with Crippen LogP contribution < -0.4 is 18.9 Å². The van der Waals surface area contributed by atoms with Crippen molar-refractivity contribution in [2.45, 2.75) is 60.8 Å². The fourth-order valence-electron chi connectivity index (χ4n) is 4.32. The predicted molar refractivity (Wildman–Crippen MR) is 180 cm³/mol. The Bertz CT molecular complexity index is 1150. The van der Waals surface area contributed by atoms with E-state index in [-0.39, 0.29) is 0 Å². The Morgan fingerprint density at radius 1 is 0.561 bits per heavy atom. The van der Waals surface area contributed by atoms with Crippen molar-refractivity contribution in [3.63, 3.8) is 0 Å². The first-order valence-electron chi connectivity index (χ1n) is 13.5. The molecule has 228 valence electrons. The quantitative estimate of drug-likeness (QED) is 0.124. The third-order valence-electron chi connectivity index (χ3n) is 6.21. The van der Waals surface area contributed by atoms with Gasteiger partial charge in [-0.15, -0.1) is 0 Å². The van der Waals surface area contributed by atoms with Crippen molar-refractivity contribution in [2.24, 2.45) is 0 Å². The summed E-state index contributed by atoms with van der Waals surface area (Å²) in [4.78, 5) is 0. The molecule has 0 amide bonds. The first-order chi connectivity index (χ1) is 19.5. The van der Waals surface area contributed by atoms with Crippen LogP contribution in [0.15, 0.2) is 42.6 Å². The van der Waals surface area contributed by atoms with E-state index in [9.17, 15) is 0 Å². The number of ether oxygens (including phenoxy) is 6. The summed E-state index contributed by atoms with van der Waals surface area (Å²) in [6.07, 6.45) is 6.99. The predicted octanol–water partition coefficient (Wildman–Crippen LogP) is 10.3. The molecule has 2 rings (SSSR count). The largest absolute Gasteiger partial charge is 0.498 e. The van der Waals surface area contributed by atoms with Gasteiger partial charge in [0.25, 0.3) is 0 Å². The molecule has 10 heteroatoms. The van der Waals surface area contributed by atoms with Gasteiger partial charge >= 0.3 is 0 Å². The smallest absolute Gasteiger partial charge is 0.141 e. The van der Waals surface area contributed by atoms with E-state index in [0.717, 1.165) is 40.1 Å². The van der Waals surface area contributed by atoms with Crippen molar-refractivity contribution in [3.05, 3.63) is 64.8 Å². The van der Waals surface area contributed by atoms with Crippen molar-refractivity contribution in [1.29, 1.82) is 0 Å². The number of rotatable bonds is 16. The maximum atomic E-state index is 6.46. The summed E-state index contributed by atoms with van der Waals surface area (Å²) >= 11 is 15.3. The summed E-state index contributed by atoms with van der Waals surface area (Å²) in [5, 5.41) is 0. The summed E-state index contributed by atoms with van der Waals surface area (Å²) in [6, 6.07) is 0. The molecule has 0 saturated carbocycles. The number of hydrogen-bond donors (Lipinski definition) is 0. The average molecular weight is 828 g/mol. The van der Waals surface area contributed by atoms with Gasteiger partial charge in [-0.2, -0.15) is 0 Å². The van der Waals surface area contributed by atoms with E-state index in [0.29, 0.717) is 62.6 Å². The molecule has 0 radical (unpaired) electrons. The highest BCUT2D eigenvalue weighted by Crippen LogP contribution is 2.57. The molecule has 0 aliphatic rings. The van der Waals surface area contributed by atoms with Gasteiger partial charge in [0.1, 0.15) is 49.4 Å².